The number of aryl methyl sites for hydroxylation is 1. The van der Waals surface area contributed by atoms with Crippen molar-refractivity contribution in [1.29, 1.82) is 0 Å². The number of rotatable bonds is 5. The number of hydrogen-bond donors (Lipinski definition) is 1. The zero-order valence-corrected chi connectivity index (χ0v) is 14.1. The van der Waals surface area contributed by atoms with E-state index in [2.05, 4.69) is 50.1 Å². The van der Waals surface area contributed by atoms with Gasteiger partial charge >= 0.3 is 0 Å². The summed E-state index contributed by atoms with van der Waals surface area (Å²) in [5.41, 5.74) is 9.03. The lowest BCUT2D eigenvalue weighted by Gasteiger charge is -2.42. The van der Waals surface area contributed by atoms with Gasteiger partial charge in [0, 0.05) is 19.3 Å². The van der Waals surface area contributed by atoms with Crippen molar-refractivity contribution in [3.05, 3.63) is 29.8 Å². The van der Waals surface area contributed by atoms with Crippen LogP contribution in [0.4, 0.5) is 5.69 Å². The first kappa shape index (κ1) is 16.4. The van der Waals surface area contributed by atoms with Gasteiger partial charge in [-0.25, -0.2) is 0 Å². The minimum atomic E-state index is 0.151. The quantitative estimate of drug-likeness (QED) is 0.808. The zero-order valence-electron chi connectivity index (χ0n) is 14.1. The largest absolute Gasteiger partial charge is 0.368 e. The molecular formula is C19H32N2. The third kappa shape index (κ3) is 3.79. The molecule has 1 aliphatic rings. The number of nitrogens with zero attached hydrogens (tertiary/aromatic N) is 1. The molecule has 2 nitrogen and oxygen atoms in total. The molecule has 1 aliphatic carbocycles. The van der Waals surface area contributed by atoms with E-state index < -0.39 is 0 Å². The molecule has 0 spiro atoms. The lowest BCUT2D eigenvalue weighted by atomic mass is 9.87. The summed E-state index contributed by atoms with van der Waals surface area (Å²) in [7, 11) is 2.23. The summed E-state index contributed by atoms with van der Waals surface area (Å²) >= 11 is 0. The predicted octanol–water partition coefficient (Wildman–Crippen LogP) is 4.51. The molecule has 0 saturated heterocycles. The average Bonchev–Trinajstić information content (AvgIpc) is 2.71. The maximum Gasteiger partial charge on any atom is 0.0521 e. The van der Waals surface area contributed by atoms with E-state index in [4.69, 9.17) is 5.73 Å². The highest BCUT2D eigenvalue weighted by Gasteiger charge is 2.35. The van der Waals surface area contributed by atoms with Crippen LogP contribution in [0, 0.1) is 12.8 Å². The maximum atomic E-state index is 6.25. The zero-order chi connectivity index (χ0) is 15.3. The van der Waals surface area contributed by atoms with Crippen molar-refractivity contribution in [2.45, 2.75) is 64.3 Å². The lowest BCUT2D eigenvalue weighted by molar-refractivity contribution is 0.350. The summed E-state index contributed by atoms with van der Waals surface area (Å²) in [4.78, 5) is 2.46. The molecule has 2 unspecified atom stereocenters. The maximum absolute atomic E-state index is 6.25. The van der Waals surface area contributed by atoms with Crippen molar-refractivity contribution in [2.24, 2.45) is 11.7 Å². The molecule has 1 fully saturated rings. The van der Waals surface area contributed by atoms with Gasteiger partial charge in [-0.15, -0.1) is 0 Å². The minimum Gasteiger partial charge on any atom is -0.368 e. The molecule has 0 aromatic heterocycles. The van der Waals surface area contributed by atoms with Gasteiger partial charge in [0.1, 0.15) is 0 Å². The molecule has 2 heteroatoms. The van der Waals surface area contributed by atoms with Crippen LogP contribution < -0.4 is 10.6 Å². The van der Waals surface area contributed by atoms with Crippen molar-refractivity contribution in [1.82, 2.24) is 0 Å². The third-order valence-corrected chi connectivity index (χ3v) is 5.48. The molecule has 1 aromatic carbocycles. The van der Waals surface area contributed by atoms with Crippen molar-refractivity contribution in [3.63, 3.8) is 0 Å². The Labute approximate surface area is 130 Å². The lowest BCUT2D eigenvalue weighted by Crippen LogP contribution is -2.52. The molecule has 0 bridgehead atoms. The Hall–Kier alpha value is -1.02. The second-order valence-electron chi connectivity index (χ2n) is 6.91. The molecule has 2 N–H and O–H groups in total. The molecule has 0 amide bonds. The van der Waals surface area contributed by atoms with Crippen LogP contribution in [-0.2, 0) is 0 Å². The standard InChI is InChI=1S/C19H32N2/c1-4-6-17-7-5-13-19(15-20,14-12-17)21(3)18-10-8-16(2)9-11-18/h8-11,17H,4-7,12-15,20H2,1-3H3. The first-order valence-electron chi connectivity index (χ1n) is 8.62. The number of nitrogens with two attached hydrogens (primary N) is 1. The SMILES string of the molecule is CCCC1CCCC(CN)(N(C)c2ccc(C)cc2)CC1. The van der Waals surface area contributed by atoms with E-state index in [0.717, 1.165) is 12.5 Å². The normalized spacial score (nSPS) is 26.4. The van der Waals surface area contributed by atoms with Gasteiger partial charge in [0.25, 0.3) is 0 Å². The molecule has 1 saturated carbocycles. The van der Waals surface area contributed by atoms with E-state index in [1.54, 1.807) is 0 Å². The van der Waals surface area contributed by atoms with Crippen LogP contribution in [0.25, 0.3) is 0 Å². The summed E-state index contributed by atoms with van der Waals surface area (Å²) in [6.45, 7) is 5.21. The van der Waals surface area contributed by atoms with Crippen molar-refractivity contribution < 1.29 is 0 Å². The van der Waals surface area contributed by atoms with E-state index in [0.29, 0.717) is 0 Å². The number of likely N-dealkylation sites (N-methyl/N-ethyl adjacent to an activating group) is 1. The van der Waals surface area contributed by atoms with Gasteiger partial charge < -0.3 is 10.6 Å². The number of benzene rings is 1. The van der Waals surface area contributed by atoms with Gasteiger partial charge in [0.15, 0.2) is 0 Å². The Bertz CT molecular complexity index is 426. The Balaban J connectivity index is 2.14. The molecule has 2 rings (SSSR count). The van der Waals surface area contributed by atoms with Crippen LogP contribution in [0.2, 0.25) is 0 Å². The first-order valence-corrected chi connectivity index (χ1v) is 8.62. The summed E-state index contributed by atoms with van der Waals surface area (Å²) in [5, 5.41) is 0. The van der Waals surface area contributed by atoms with Crippen LogP contribution in [0.3, 0.4) is 0 Å². The van der Waals surface area contributed by atoms with Crippen LogP contribution >= 0.6 is 0 Å². The smallest absolute Gasteiger partial charge is 0.0521 e. The number of anilines is 1. The van der Waals surface area contributed by atoms with E-state index >= 15 is 0 Å². The first-order chi connectivity index (χ1) is 10.1. The molecule has 0 heterocycles. The number of hydrogen-bond acceptors (Lipinski definition) is 2. The predicted molar refractivity (Wildman–Crippen MR) is 92.9 cm³/mol. The molecular weight excluding hydrogens is 256 g/mol. The van der Waals surface area contributed by atoms with E-state index in [1.165, 1.54) is 56.2 Å². The van der Waals surface area contributed by atoms with Crippen LogP contribution in [-0.4, -0.2) is 19.1 Å². The highest BCUT2D eigenvalue weighted by Crippen LogP contribution is 2.37. The van der Waals surface area contributed by atoms with E-state index in [9.17, 15) is 0 Å². The van der Waals surface area contributed by atoms with Gasteiger partial charge in [-0.1, -0.05) is 50.3 Å². The Morgan fingerprint density at radius 1 is 1.19 bits per heavy atom. The second kappa shape index (κ2) is 7.31. The topological polar surface area (TPSA) is 29.3 Å². The average molecular weight is 288 g/mol. The molecule has 1 aromatic rings. The van der Waals surface area contributed by atoms with Crippen LogP contribution in [0.5, 0.6) is 0 Å². The van der Waals surface area contributed by atoms with Crippen LogP contribution in [0.1, 0.15) is 57.4 Å². The Kier molecular flexibility index (Phi) is 5.69. The van der Waals surface area contributed by atoms with Gasteiger partial charge in [0.2, 0.25) is 0 Å². The fraction of sp³-hybridized carbons (Fsp3) is 0.684. The van der Waals surface area contributed by atoms with Gasteiger partial charge in [-0.2, -0.15) is 0 Å². The van der Waals surface area contributed by atoms with Crippen molar-refractivity contribution in [3.8, 4) is 0 Å². The van der Waals surface area contributed by atoms with Crippen LogP contribution in [0.15, 0.2) is 24.3 Å². The fourth-order valence-electron chi connectivity index (χ4n) is 3.88. The monoisotopic (exact) mass is 288 g/mol. The molecule has 118 valence electrons. The minimum absolute atomic E-state index is 0.151. The molecule has 2 atom stereocenters. The van der Waals surface area contributed by atoms with Gasteiger partial charge in [-0.05, 0) is 44.2 Å². The third-order valence-electron chi connectivity index (χ3n) is 5.48. The Morgan fingerprint density at radius 2 is 1.90 bits per heavy atom. The van der Waals surface area contributed by atoms with Gasteiger partial charge in [-0.3, -0.25) is 0 Å². The summed E-state index contributed by atoms with van der Waals surface area (Å²) in [6, 6.07) is 8.88. The Morgan fingerprint density at radius 3 is 2.52 bits per heavy atom. The fourth-order valence-corrected chi connectivity index (χ4v) is 3.88. The highest BCUT2D eigenvalue weighted by molar-refractivity contribution is 5.49. The summed E-state index contributed by atoms with van der Waals surface area (Å²) in [5.74, 6) is 0.912. The van der Waals surface area contributed by atoms with E-state index in [1.807, 2.05) is 0 Å². The molecule has 21 heavy (non-hydrogen) atoms. The van der Waals surface area contributed by atoms with E-state index in [-0.39, 0.29) is 5.54 Å². The summed E-state index contributed by atoms with van der Waals surface area (Å²) < 4.78 is 0. The highest BCUT2D eigenvalue weighted by atomic mass is 15.2. The van der Waals surface area contributed by atoms with Crippen molar-refractivity contribution >= 4 is 5.69 Å². The second-order valence-corrected chi connectivity index (χ2v) is 6.91. The molecule has 0 radical (unpaired) electrons. The molecule has 0 aliphatic heterocycles. The summed E-state index contributed by atoms with van der Waals surface area (Å²) in [6.07, 6.45) is 9.20. The van der Waals surface area contributed by atoms with Gasteiger partial charge in [0.05, 0.1) is 5.54 Å². The van der Waals surface area contributed by atoms with Crippen molar-refractivity contribution in [2.75, 3.05) is 18.5 Å².